The van der Waals surface area contributed by atoms with Crippen LogP contribution in [0.1, 0.15) is 24.2 Å². The van der Waals surface area contributed by atoms with Gasteiger partial charge >= 0.3 is 0 Å². The number of phenolic OH excluding ortho intramolecular Hbond substituents is 1. The topological polar surface area (TPSA) is 78.3 Å². The van der Waals surface area contributed by atoms with Gasteiger partial charge in [-0.2, -0.15) is 0 Å². The van der Waals surface area contributed by atoms with Crippen molar-refractivity contribution in [2.24, 2.45) is 0 Å². The van der Waals surface area contributed by atoms with Crippen LogP contribution in [0.5, 0.6) is 5.75 Å². The number of nitrogens with one attached hydrogen (secondary N) is 1. The zero-order valence-electron chi connectivity index (χ0n) is 14.1. The summed E-state index contributed by atoms with van der Waals surface area (Å²) >= 11 is 0. The fourth-order valence-corrected chi connectivity index (χ4v) is 2.54. The van der Waals surface area contributed by atoms with Gasteiger partial charge in [-0.25, -0.2) is 9.97 Å². The van der Waals surface area contributed by atoms with Crippen molar-refractivity contribution in [1.29, 1.82) is 0 Å². The Morgan fingerprint density at radius 2 is 1.88 bits per heavy atom. The van der Waals surface area contributed by atoms with Crippen LogP contribution in [0.3, 0.4) is 0 Å². The van der Waals surface area contributed by atoms with Gasteiger partial charge in [-0.1, -0.05) is 30.3 Å². The number of phenols is 1. The smallest absolute Gasteiger partial charge is 0.223 e. The molecule has 3 aromatic rings. The molecular weight excluding hydrogens is 314 g/mol. The Bertz CT molecular complexity index is 832. The standard InChI is InChI=1S/C20H21N3O2/c1-14(24)16-3-2-4-17(13-16)19-10-12-22-20(23-19)21-11-9-15-5-7-18(25)8-6-15/h2-8,10,12-14,24-25H,9,11H2,1H3,(H,21,22,23). The van der Waals surface area contributed by atoms with E-state index in [1.165, 1.54) is 0 Å². The van der Waals surface area contributed by atoms with Gasteiger partial charge in [0.25, 0.3) is 0 Å². The van der Waals surface area contributed by atoms with E-state index >= 15 is 0 Å². The molecule has 3 N–H and O–H groups in total. The van der Waals surface area contributed by atoms with Crippen molar-refractivity contribution in [3.8, 4) is 17.0 Å². The quantitative estimate of drug-likeness (QED) is 0.642. The van der Waals surface area contributed by atoms with Crippen molar-refractivity contribution in [3.05, 3.63) is 71.9 Å². The molecule has 0 bridgehead atoms. The molecule has 5 nitrogen and oxygen atoms in total. The Hall–Kier alpha value is -2.92. The molecule has 1 atom stereocenters. The van der Waals surface area contributed by atoms with Crippen LogP contribution in [0.2, 0.25) is 0 Å². The second-order valence-electron chi connectivity index (χ2n) is 5.91. The summed E-state index contributed by atoms with van der Waals surface area (Å²) < 4.78 is 0. The third-order valence-corrected chi connectivity index (χ3v) is 3.95. The van der Waals surface area contributed by atoms with Crippen LogP contribution >= 0.6 is 0 Å². The van der Waals surface area contributed by atoms with Crippen molar-refractivity contribution < 1.29 is 10.2 Å². The number of rotatable bonds is 6. The first-order valence-corrected chi connectivity index (χ1v) is 8.25. The first-order chi connectivity index (χ1) is 12.1. The van der Waals surface area contributed by atoms with Crippen molar-refractivity contribution in [2.75, 3.05) is 11.9 Å². The highest BCUT2D eigenvalue weighted by Gasteiger charge is 2.06. The molecule has 0 saturated carbocycles. The zero-order valence-corrected chi connectivity index (χ0v) is 14.1. The molecule has 1 heterocycles. The molecule has 0 aliphatic heterocycles. The third-order valence-electron chi connectivity index (χ3n) is 3.95. The maximum atomic E-state index is 9.73. The van der Waals surface area contributed by atoms with Crippen LogP contribution in [0.15, 0.2) is 60.8 Å². The van der Waals surface area contributed by atoms with E-state index in [-0.39, 0.29) is 5.75 Å². The lowest BCUT2D eigenvalue weighted by Crippen LogP contribution is -2.08. The molecule has 5 heteroatoms. The molecule has 0 aliphatic rings. The molecule has 25 heavy (non-hydrogen) atoms. The normalized spacial score (nSPS) is 11.9. The SMILES string of the molecule is CC(O)c1cccc(-c2ccnc(NCCc3ccc(O)cc3)n2)c1. The fourth-order valence-electron chi connectivity index (χ4n) is 2.54. The minimum atomic E-state index is -0.510. The first kappa shape index (κ1) is 16.9. The number of aliphatic hydroxyl groups excluding tert-OH is 1. The number of aliphatic hydroxyl groups is 1. The van der Waals surface area contributed by atoms with Crippen LogP contribution in [-0.4, -0.2) is 26.7 Å². The molecule has 1 unspecified atom stereocenters. The summed E-state index contributed by atoms with van der Waals surface area (Å²) in [5.74, 6) is 0.839. The molecule has 0 aliphatic carbocycles. The highest BCUT2D eigenvalue weighted by atomic mass is 16.3. The summed E-state index contributed by atoms with van der Waals surface area (Å²) in [6.45, 7) is 2.44. The van der Waals surface area contributed by atoms with Crippen molar-refractivity contribution in [1.82, 2.24) is 9.97 Å². The lowest BCUT2D eigenvalue weighted by Gasteiger charge is -2.09. The molecule has 0 amide bonds. The molecule has 2 aromatic carbocycles. The lowest BCUT2D eigenvalue weighted by atomic mass is 10.1. The van der Waals surface area contributed by atoms with Gasteiger partial charge in [0.1, 0.15) is 5.75 Å². The number of benzene rings is 2. The lowest BCUT2D eigenvalue weighted by molar-refractivity contribution is 0.199. The Morgan fingerprint density at radius 3 is 2.64 bits per heavy atom. The van der Waals surface area contributed by atoms with Crippen LogP contribution in [-0.2, 0) is 6.42 Å². The Morgan fingerprint density at radius 1 is 1.08 bits per heavy atom. The largest absolute Gasteiger partial charge is 0.508 e. The van der Waals surface area contributed by atoms with E-state index in [1.807, 2.05) is 42.5 Å². The Kier molecular flexibility index (Phi) is 5.26. The number of anilines is 1. The molecule has 0 radical (unpaired) electrons. The summed E-state index contributed by atoms with van der Waals surface area (Å²) in [4.78, 5) is 8.80. The Labute approximate surface area is 147 Å². The number of aromatic hydroxyl groups is 1. The monoisotopic (exact) mass is 335 g/mol. The van der Waals surface area contributed by atoms with E-state index in [2.05, 4.69) is 15.3 Å². The van der Waals surface area contributed by atoms with Gasteiger partial charge in [0.2, 0.25) is 5.95 Å². The zero-order chi connectivity index (χ0) is 17.6. The molecule has 1 aromatic heterocycles. The van der Waals surface area contributed by atoms with Gasteiger partial charge < -0.3 is 15.5 Å². The van der Waals surface area contributed by atoms with Gasteiger partial charge in [-0.05, 0) is 48.7 Å². The third kappa shape index (κ3) is 4.55. The predicted molar refractivity (Wildman–Crippen MR) is 98.4 cm³/mol. The summed E-state index contributed by atoms with van der Waals surface area (Å²) in [6, 6.07) is 16.7. The molecule has 3 rings (SSSR count). The number of aromatic nitrogens is 2. The average molecular weight is 335 g/mol. The predicted octanol–water partition coefficient (Wildman–Crippen LogP) is 3.56. The fraction of sp³-hybridized carbons (Fsp3) is 0.200. The van der Waals surface area contributed by atoms with Crippen molar-refractivity contribution in [2.45, 2.75) is 19.4 Å². The summed E-state index contributed by atoms with van der Waals surface area (Å²) in [6.07, 6.45) is 2.02. The minimum absolute atomic E-state index is 0.271. The van der Waals surface area contributed by atoms with E-state index in [9.17, 15) is 10.2 Å². The summed E-state index contributed by atoms with van der Waals surface area (Å²) in [7, 11) is 0. The average Bonchev–Trinajstić information content (AvgIpc) is 2.64. The first-order valence-electron chi connectivity index (χ1n) is 8.25. The van der Waals surface area contributed by atoms with Gasteiger partial charge in [0.05, 0.1) is 11.8 Å². The van der Waals surface area contributed by atoms with Gasteiger partial charge in [0.15, 0.2) is 0 Å². The second kappa shape index (κ2) is 7.77. The van der Waals surface area contributed by atoms with Crippen LogP contribution < -0.4 is 5.32 Å². The van der Waals surface area contributed by atoms with E-state index in [0.29, 0.717) is 12.5 Å². The van der Waals surface area contributed by atoms with Crippen LogP contribution in [0, 0.1) is 0 Å². The summed E-state index contributed by atoms with van der Waals surface area (Å²) in [5, 5.41) is 22.3. The van der Waals surface area contributed by atoms with E-state index in [0.717, 1.165) is 28.8 Å². The van der Waals surface area contributed by atoms with Crippen LogP contribution in [0.25, 0.3) is 11.3 Å². The Balaban J connectivity index is 1.67. The number of nitrogens with zero attached hydrogens (tertiary/aromatic N) is 2. The molecule has 0 saturated heterocycles. The molecule has 0 fully saturated rings. The number of hydrogen-bond donors (Lipinski definition) is 3. The van der Waals surface area contributed by atoms with E-state index in [4.69, 9.17) is 0 Å². The molecule has 128 valence electrons. The highest BCUT2D eigenvalue weighted by Crippen LogP contribution is 2.22. The second-order valence-corrected chi connectivity index (χ2v) is 5.91. The van der Waals surface area contributed by atoms with Crippen molar-refractivity contribution in [3.63, 3.8) is 0 Å². The summed E-state index contributed by atoms with van der Waals surface area (Å²) in [5.41, 5.74) is 3.75. The molecular formula is C20H21N3O2. The van der Waals surface area contributed by atoms with Gasteiger partial charge in [-0.15, -0.1) is 0 Å². The van der Waals surface area contributed by atoms with Crippen LogP contribution in [0.4, 0.5) is 5.95 Å². The van der Waals surface area contributed by atoms with E-state index in [1.54, 1.807) is 25.3 Å². The maximum Gasteiger partial charge on any atom is 0.223 e. The maximum absolute atomic E-state index is 9.73. The highest BCUT2D eigenvalue weighted by molar-refractivity contribution is 5.61. The van der Waals surface area contributed by atoms with Gasteiger partial charge in [-0.3, -0.25) is 0 Å². The molecule has 0 spiro atoms. The van der Waals surface area contributed by atoms with E-state index < -0.39 is 6.10 Å². The van der Waals surface area contributed by atoms with Gasteiger partial charge in [0, 0.05) is 18.3 Å². The minimum Gasteiger partial charge on any atom is -0.508 e. The number of hydrogen-bond acceptors (Lipinski definition) is 5. The van der Waals surface area contributed by atoms with Crippen molar-refractivity contribution >= 4 is 5.95 Å².